The van der Waals surface area contributed by atoms with Crippen molar-refractivity contribution in [2.24, 2.45) is 0 Å². The van der Waals surface area contributed by atoms with Crippen LogP contribution in [-0.4, -0.2) is 14.4 Å². The number of fused-ring (bicyclic) bond motifs is 3. The van der Waals surface area contributed by atoms with Crippen LogP contribution in [-0.2, 0) is 0 Å². The van der Waals surface area contributed by atoms with Crippen LogP contribution in [0, 0.1) is 0 Å². The summed E-state index contributed by atoms with van der Waals surface area (Å²) in [6.07, 6.45) is 5.48. The molecule has 0 amide bonds. The maximum absolute atomic E-state index is 4.36. The Kier molecular flexibility index (Phi) is 1.58. The van der Waals surface area contributed by atoms with Gasteiger partial charge in [-0.25, -0.2) is 9.97 Å². The molecule has 0 aromatic carbocycles. The Balaban J connectivity index is 2.57. The molecule has 3 aromatic rings. The molecule has 3 nitrogen and oxygen atoms in total. The van der Waals surface area contributed by atoms with Crippen molar-refractivity contribution in [1.82, 2.24) is 14.4 Å². The van der Waals surface area contributed by atoms with Gasteiger partial charge in [-0.2, -0.15) is 0 Å². The Labute approximate surface area is 88.5 Å². The van der Waals surface area contributed by atoms with Gasteiger partial charge >= 0.3 is 0 Å². The Morgan fingerprint density at radius 3 is 3.07 bits per heavy atom. The van der Waals surface area contributed by atoms with Crippen molar-refractivity contribution in [2.45, 2.75) is 0 Å². The third kappa shape index (κ3) is 1.04. The number of halogens is 1. The van der Waals surface area contributed by atoms with E-state index in [1.54, 1.807) is 12.4 Å². The minimum Gasteiger partial charge on any atom is -0.284 e. The number of hydrogen-bond donors (Lipinski definition) is 0. The maximum Gasteiger partial charge on any atom is 0.145 e. The van der Waals surface area contributed by atoms with E-state index in [9.17, 15) is 0 Å². The molecule has 0 aliphatic carbocycles. The van der Waals surface area contributed by atoms with Crippen LogP contribution < -0.4 is 0 Å². The monoisotopic (exact) mass is 247 g/mol. The predicted octanol–water partition coefficient (Wildman–Crippen LogP) is 2.65. The summed E-state index contributed by atoms with van der Waals surface area (Å²) < 4.78 is 2.96. The third-order valence-electron chi connectivity index (χ3n) is 2.17. The van der Waals surface area contributed by atoms with E-state index in [0.717, 1.165) is 21.2 Å². The smallest absolute Gasteiger partial charge is 0.145 e. The molecule has 0 bridgehead atoms. The number of rotatable bonds is 0. The van der Waals surface area contributed by atoms with Gasteiger partial charge in [0, 0.05) is 28.4 Å². The zero-order valence-electron chi connectivity index (χ0n) is 7.18. The van der Waals surface area contributed by atoms with Crippen LogP contribution in [0.3, 0.4) is 0 Å². The largest absolute Gasteiger partial charge is 0.284 e. The summed E-state index contributed by atoms with van der Waals surface area (Å²) in [4.78, 5) is 8.56. The van der Waals surface area contributed by atoms with Crippen molar-refractivity contribution in [3.05, 3.63) is 41.3 Å². The summed E-state index contributed by atoms with van der Waals surface area (Å²) >= 11 is 3.40. The van der Waals surface area contributed by atoms with Crippen LogP contribution in [0.1, 0.15) is 0 Å². The third-order valence-corrected chi connectivity index (χ3v) is 2.60. The minimum absolute atomic E-state index is 0.923. The molecule has 0 radical (unpaired) electrons. The molecule has 3 heterocycles. The number of imidazole rings is 1. The molecule has 3 aromatic heterocycles. The highest BCUT2D eigenvalue weighted by molar-refractivity contribution is 9.10. The van der Waals surface area contributed by atoms with Crippen molar-refractivity contribution in [2.75, 3.05) is 0 Å². The minimum atomic E-state index is 0.923. The number of pyridine rings is 2. The van der Waals surface area contributed by atoms with Crippen LogP contribution in [0.15, 0.2) is 41.3 Å². The fraction of sp³-hybridized carbons (Fsp3) is 0. The first kappa shape index (κ1) is 7.94. The molecular formula is C10H6BrN3. The van der Waals surface area contributed by atoms with Crippen molar-refractivity contribution in [3.63, 3.8) is 0 Å². The lowest BCUT2D eigenvalue weighted by Gasteiger charge is -2.00. The van der Waals surface area contributed by atoms with Crippen molar-refractivity contribution in [3.8, 4) is 0 Å². The summed E-state index contributed by atoms with van der Waals surface area (Å²) in [5.41, 5.74) is 1.86. The fourth-order valence-electron chi connectivity index (χ4n) is 1.55. The van der Waals surface area contributed by atoms with Gasteiger partial charge in [-0.05, 0) is 34.1 Å². The Morgan fingerprint density at radius 1 is 1.21 bits per heavy atom. The highest BCUT2D eigenvalue weighted by atomic mass is 79.9. The normalized spacial score (nSPS) is 11.2. The SMILES string of the molecule is Brc1cnc2c(ccc3nccn32)c1. The standard InChI is InChI=1S/C10H6BrN3/c11-8-5-7-1-2-9-12-3-4-14(9)10(7)13-6-8/h1-6H. The molecule has 0 unspecified atom stereocenters. The highest BCUT2D eigenvalue weighted by Crippen LogP contribution is 2.18. The maximum atomic E-state index is 4.36. The quantitative estimate of drug-likeness (QED) is 0.612. The Hall–Kier alpha value is -1.42. The average molecular weight is 248 g/mol. The van der Waals surface area contributed by atoms with Crippen molar-refractivity contribution in [1.29, 1.82) is 0 Å². The molecule has 3 rings (SSSR count). The number of nitrogens with zero attached hydrogens (tertiary/aromatic N) is 3. The molecule has 68 valence electrons. The first-order valence-corrected chi connectivity index (χ1v) is 5.01. The second kappa shape index (κ2) is 2.78. The van der Waals surface area contributed by atoms with E-state index in [4.69, 9.17) is 0 Å². The molecule has 0 saturated heterocycles. The first-order chi connectivity index (χ1) is 6.84. The van der Waals surface area contributed by atoms with Gasteiger partial charge < -0.3 is 0 Å². The van der Waals surface area contributed by atoms with E-state index in [-0.39, 0.29) is 0 Å². The average Bonchev–Trinajstić information content (AvgIpc) is 2.65. The summed E-state index contributed by atoms with van der Waals surface area (Å²) in [6, 6.07) is 6.05. The number of aromatic nitrogens is 3. The van der Waals surface area contributed by atoms with Gasteiger partial charge in [-0.3, -0.25) is 4.40 Å². The summed E-state index contributed by atoms with van der Waals surface area (Å²) in [5, 5.41) is 1.10. The molecule has 0 fully saturated rings. The molecule has 4 heteroatoms. The predicted molar refractivity (Wildman–Crippen MR) is 58.2 cm³/mol. The summed E-state index contributed by atoms with van der Waals surface area (Å²) in [6.45, 7) is 0. The van der Waals surface area contributed by atoms with E-state index in [1.165, 1.54) is 0 Å². The van der Waals surface area contributed by atoms with Gasteiger partial charge in [0.2, 0.25) is 0 Å². The second-order valence-electron chi connectivity index (χ2n) is 3.06. The zero-order valence-corrected chi connectivity index (χ0v) is 8.77. The van der Waals surface area contributed by atoms with E-state index in [0.29, 0.717) is 0 Å². The van der Waals surface area contributed by atoms with E-state index in [2.05, 4.69) is 25.9 Å². The summed E-state index contributed by atoms with van der Waals surface area (Å²) in [5.74, 6) is 0. The molecule has 0 aliphatic heterocycles. The lowest BCUT2D eigenvalue weighted by atomic mass is 10.3. The lowest BCUT2D eigenvalue weighted by molar-refractivity contribution is 1.19. The molecule has 0 saturated carbocycles. The molecule has 0 N–H and O–H groups in total. The number of hydrogen-bond acceptors (Lipinski definition) is 2. The van der Waals surface area contributed by atoms with E-state index < -0.39 is 0 Å². The molecule has 0 atom stereocenters. The van der Waals surface area contributed by atoms with Crippen molar-refractivity contribution >= 4 is 32.6 Å². The Bertz CT molecular complexity index is 615. The van der Waals surface area contributed by atoms with E-state index >= 15 is 0 Å². The van der Waals surface area contributed by atoms with Gasteiger partial charge in [-0.1, -0.05) is 0 Å². The first-order valence-electron chi connectivity index (χ1n) is 4.22. The van der Waals surface area contributed by atoms with Crippen molar-refractivity contribution < 1.29 is 0 Å². The van der Waals surface area contributed by atoms with Gasteiger partial charge in [0.25, 0.3) is 0 Å². The van der Waals surface area contributed by atoms with Gasteiger partial charge in [0.05, 0.1) is 0 Å². The van der Waals surface area contributed by atoms with Gasteiger partial charge in [0.1, 0.15) is 11.3 Å². The van der Waals surface area contributed by atoms with E-state index in [1.807, 2.05) is 28.8 Å². The highest BCUT2D eigenvalue weighted by Gasteiger charge is 2.01. The summed E-state index contributed by atoms with van der Waals surface area (Å²) in [7, 11) is 0. The second-order valence-corrected chi connectivity index (χ2v) is 3.97. The molecular weight excluding hydrogens is 242 g/mol. The topological polar surface area (TPSA) is 30.2 Å². The van der Waals surface area contributed by atoms with Gasteiger partial charge in [-0.15, -0.1) is 0 Å². The van der Waals surface area contributed by atoms with Crippen LogP contribution in [0.25, 0.3) is 16.7 Å². The van der Waals surface area contributed by atoms with Crippen LogP contribution in [0.5, 0.6) is 0 Å². The molecule has 0 aliphatic rings. The fourth-order valence-corrected chi connectivity index (χ4v) is 1.90. The molecule has 0 spiro atoms. The lowest BCUT2D eigenvalue weighted by Crippen LogP contribution is -1.89. The molecule has 14 heavy (non-hydrogen) atoms. The van der Waals surface area contributed by atoms with Gasteiger partial charge in [0.15, 0.2) is 0 Å². The van der Waals surface area contributed by atoms with Crippen LogP contribution in [0.2, 0.25) is 0 Å². The zero-order chi connectivity index (χ0) is 9.54. The van der Waals surface area contributed by atoms with Crippen LogP contribution >= 0.6 is 15.9 Å². The Morgan fingerprint density at radius 2 is 2.14 bits per heavy atom. The van der Waals surface area contributed by atoms with Crippen LogP contribution in [0.4, 0.5) is 0 Å².